The maximum absolute atomic E-state index is 14.4. The summed E-state index contributed by atoms with van der Waals surface area (Å²) in [6, 6.07) is 8.57. The Morgan fingerprint density at radius 3 is 2.78 bits per heavy atom. The topological polar surface area (TPSA) is 83.1 Å². The number of H-pyrrole nitrogens is 2. The van der Waals surface area contributed by atoms with Gasteiger partial charge in [0.15, 0.2) is 5.82 Å². The van der Waals surface area contributed by atoms with Gasteiger partial charge in [0.2, 0.25) is 0 Å². The predicted molar refractivity (Wildman–Crippen MR) is 125 cm³/mol. The third-order valence-corrected chi connectivity index (χ3v) is 5.25. The van der Waals surface area contributed by atoms with Crippen molar-refractivity contribution >= 4 is 27.5 Å². The average Bonchev–Trinajstić information content (AvgIpc) is 3.43. The van der Waals surface area contributed by atoms with E-state index in [-0.39, 0.29) is 5.82 Å². The van der Waals surface area contributed by atoms with E-state index in [0.717, 1.165) is 22.2 Å². The van der Waals surface area contributed by atoms with Crippen molar-refractivity contribution < 1.29 is 4.39 Å². The van der Waals surface area contributed by atoms with Crippen molar-refractivity contribution in [1.82, 2.24) is 30.1 Å². The molecule has 0 amide bonds. The first kappa shape index (κ1) is 19.6. The lowest BCUT2D eigenvalue weighted by Crippen LogP contribution is -1.88. The number of pyridine rings is 2. The van der Waals surface area contributed by atoms with Gasteiger partial charge in [-0.15, -0.1) is 0 Å². The molecule has 6 nitrogen and oxygen atoms in total. The summed E-state index contributed by atoms with van der Waals surface area (Å²) in [5, 5.41) is 8.35. The molecule has 1 aromatic carbocycles. The lowest BCUT2D eigenvalue weighted by atomic mass is 10.1. The molecule has 5 rings (SSSR count). The quantitative estimate of drug-likeness (QED) is 0.348. The van der Waals surface area contributed by atoms with Crippen LogP contribution in [0.3, 0.4) is 0 Å². The van der Waals surface area contributed by atoms with E-state index in [1.54, 1.807) is 42.9 Å². The smallest absolute Gasteiger partial charge is 0.159 e. The van der Waals surface area contributed by atoms with Gasteiger partial charge in [-0.05, 0) is 24.6 Å². The lowest BCUT2D eigenvalue weighted by molar-refractivity contribution is 0.631. The number of aromatic amines is 2. The van der Waals surface area contributed by atoms with E-state index < -0.39 is 0 Å². The van der Waals surface area contributed by atoms with Crippen LogP contribution in [-0.2, 0) is 0 Å². The van der Waals surface area contributed by atoms with E-state index in [9.17, 15) is 4.39 Å². The van der Waals surface area contributed by atoms with E-state index in [1.807, 2.05) is 31.2 Å². The molecule has 0 saturated carbocycles. The molecule has 0 atom stereocenters. The van der Waals surface area contributed by atoms with Crippen LogP contribution in [0.5, 0.6) is 0 Å². The van der Waals surface area contributed by atoms with Gasteiger partial charge in [0.05, 0.1) is 29.1 Å². The summed E-state index contributed by atoms with van der Waals surface area (Å²) in [5.41, 5.74) is 5.63. The summed E-state index contributed by atoms with van der Waals surface area (Å²) in [4.78, 5) is 16.8. The Labute approximate surface area is 183 Å². The third kappa shape index (κ3) is 3.30. The highest BCUT2D eigenvalue weighted by Gasteiger charge is 2.17. The lowest BCUT2D eigenvalue weighted by Gasteiger charge is -2.03. The van der Waals surface area contributed by atoms with Crippen molar-refractivity contribution in [2.24, 2.45) is 0 Å². The first-order valence-corrected chi connectivity index (χ1v) is 10.1. The van der Waals surface area contributed by atoms with Gasteiger partial charge in [-0.25, -0.2) is 9.37 Å². The fourth-order valence-electron chi connectivity index (χ4n) is 3.68. The molecule has 4 aromatic heterocycles. The Morgan fingerprint density at radius 1 is 1.09 bits per heavy atom. The largest absolute Gasteiger partial charge is 0.335 e. The zero-order chi connectivity index (χ0) is 22.1. The molecule has 0 bridgehead atoms. The summed E-state index contributed by atoms with van der Waals surface area (Å²) < 4.78 is 14.4. The molecular formula is C25H19FN6. The fraction of sp³-hybridized carbons (Fsp3) is 0.0400. The molecule has 0 saturated heterocycles. The second-order valence-electron chi connectivity index (χ2n) is 7.17. The molecule has 0 aliphatic carbocycles. The first-order chi connectivity index (χ1) is 15.7. The van der Waals surface area contributed by atoms with Crippen molar-refractivity contribution in [2.75, 3.05) is 0 Å². The van der Waals surface area contributed by atoms with E-state index in [0.29, 0.717) is 33.7 Å². The number of hydrogen-bond acceptors (Lipinski definition) is 4. The van der Waals surface area contributed by atoms with E-state index >= 15 is 0 Å². The van der Waals surface area contributed by atoms with Crippen LogP contribution in [0.4, 0.5) is 4.39 Å². The van der Waals surface area contributed by atoms with Gasteiger partial charge in [0.1, 0.15) is 17.0 Å². The maximum Gasteiger partial charge on any atom is 0.159 e. The predicted octanol–water partition coefficient (Wildman–Crippen LogP) is 5.85. The Morgan fingerprint density at radius 2 is 1.97 bits per heavy atom. The van der Waals surface area contributed by atoms with Crippen LogP contribution in [0.25, 0.3) is 50.2 Å². The Kier molecular flexibility index (Phi) is 4.91. The van der Waals surface area contributed by atoms with Crippen molar-refractivity contribution in [3.8, 4) is 22.6 Å². The number of halogens is 1. The SMILES string of the molecule is C=C/C=C\C(=C/C)c1cc2c(-c3nc4c(-c5ccccc5F)cncc4[nH]3)n[nH]c2cn1. The average molecular weight is 422 g/mol. The van der Waals surface area contributed by atoms with Crippen LogP contribution >= 0.6 is 0 Å². The zero-order valence-electron chi connectivity index (χ0n) is 17.3. The molecule has 5 aromatic rings. The minimum atomic E-state index is -0.321. The van der Waals surface area contributed by atoms with Crippen LogP contribution in [0.15, 0.2) is 79.8 Å². The Balaban J connectivity index is 1.66. The number of allylic oxidation sites excluding steroid dienone is 5. The van der Waals surface area contributed by atoms with E-state index in [2.05, 4.69) is 31.7 Å². The minimum Gasteiger partial charge on any atom is -0.335 e. The molecule has 0 spiro atoms. The van der Waals surface area contributed by atoms with Gasteiger partial charge in [0, 0.05) is 22.7 Å². The molecule has 0 aliphatic heterocycles. The number of benzene rings is 1. The first-order valence-electron chi connectivity index (χ1n) is 10.1. The number of imidazole rings is 1. The van der Waals surface area contributed by atoms with Crippen LogP contribution in [-0.4, -0.2) is 30.1 Å². The van der Waals surface area contributed by atoms with Crippen molar-refractivity contribution in [1.29, 1.82) is 0 Å². The molecule has 32 heavy (non-hydrogen) atoms. The molecule has 4 heterocycles. The molecule has 0 fully saturated rings. The van der Waals surface area contributed by atoms with Crippen LogP contribution < -0.4 is 0 Å². The molecule has 7 heteroatoms. The Hall–Kier alpha value is -4.39. The van der Waals surface area contributed by atoms with Crippen LogP contribution in [0.1, 0.15) is 12.6 Å². The summed E-state index contributed by atoms with van der Waals surface area (Å²) in [6.45, 7) is 5.68. The van der Waals surface area contributed by atoms with E-state index in [4.69, 9.17) is 4.98 Å². The number of aromatic nitrogens is 6. The monoisotopic (exact) mass is 422 g/mol. The van der Waals surface area contributed by atoms with Gasteiger partial charge in [-0.3, -0.25) is 15.1 Å². The second-order valence-corrected chi connectivity index (χ2v) is 7.17. The highest BCUT2D eigenvalue weighted by molar-refractivity contribution is 5.97. The fourth-order valence-corrected chi connectivity index (χ4v) is 3.68. The summed E-state index contributed by atoms with van der Waals surface area (Å²) in [5.74, 6) is 0.247. The molecular weight excluding hydrogens is 403 g/mol. The third-order valence-electron chi connectivity index (χ3n) is 5.25. The maximum atomic E-state index is 14.4. The van der Waals surface area contributed by atoms with Crippen LogP contribution in [0.2, 0.25) is 0 Å². The van der Waals surface area contributed by atoms with Gasteiger partial charge in [0.25, 0.3) is 0 Å². The number of nitrogens with one attached hydrogen (secondary N) is 2. The number of fused-ring (bicyclic) bond motifs is 2. The highest BCUT2D eigenvalue weighted by atomic mass is 19.1. The summed E-state index contributed by atoms with van der Waals surface area (Å²) in [6.07, 6.45) is 12.6. The molecule has 0 radical (unpaired) electrons. The van der Waals surface area contributed by atoms with Gasteiger partial charge in [-0.1, -0.05) is 49.1 Å². The molecule has 156 valence electrons. The standard InChI is InChI=1S/C25H19FN6/c1-3-5-8-15(4-2)20-11-17-21(14-28-20)31-32-24(17)25-29-22-13-27-12-18(23(22)30-25)16-9-6-7-10-19(16)26/h3-14H,1H2,2H3,(H,29,30)(H,31,32)/b8-5-,15-4+. The highest BCUT2D eigenvalue weighted by Crippen LogP contribution is 2.32. The Bertz CT molecular complexity index is 1520. The van der Waals surface area contributed by atoms with Crippen molar-refractivity contribution in [3.05, 3.63) is 91.3 Å². The molecule has 2 N–H and O–H groups in total. The summed E-state index contributed by atoms with van der Waals surface area (Å²) in [7, 11) is 0. The number of nitrogens with zero attached hydrogens (tertiary/aromatic N) is 4. The minimum absolute atomic E-state index is 0.321. The summed E-state index contributed by atoms with van der Waals surface area (Å²) >= 11 is 0. The van der Waals surface area contributed by atoms with Gasteiger partial charge < -0.3 is 4.98 Å². The molecule has 0 aliphatic rings. The zero-order valence-corrected chi connectivity index (χ0v) is 17.3. The van der Waals surface area contributed by atoms with Gasteiger partial charge in [-0.2, -0.15) is 5.10 Å². The van der Waals surface area contributed by atoms with Crippen LogP contribution in [0, 0.1) is 5.82 Å². The van der Waals surface area contributed by atoms with Crippen molar-refractivity contribution in [3.63, 3.8) is 0 Å². The number of rotatable bonds is 5. The second kappa shape index (κ2) is 8.03. The molecule has 0 unspecified atom stereocenters. The normalized spacial score (nSPS) is 12.2. The number of hydrogen-bond donors (Lipinski definition) is 2. The van der Waals surface area contributed by atoms with E-state index in [1.165, 1.54) is 6.07 Å². The van der Waals surface area contributed by atoms with Gasteiger partial charge >= 0.3 is 0 Å². The van der Waals surface area contributed by atoms with Crippen molar-refractivity contribution in [2.45, 2.75) is 6.92 Å².